The first kappa shape index (κ1) is 12.8. The normalized spacial score (nSPS) is 18.7. The number of Topliss-reactive ketones (excluding diaryl/α,β-unsaturated/α-hetero) is 1. The second kappa shape index (κ2) is 4.31. The number of nitrogens with zero attached hydrogens (tertiary/aromatic N) is 1. The van der Waals surface area contributed by atoms with Gasteiger partial charge in [-0.1, -0.05) is 13.8 Å². The van der Waals surface area contributed by atoms with Gasteiger partial charge >= 0.3 is 0 Å². The molecule has 5 heteroatoms. The number of aromatic nitrogens is 1. The molecule has 21 heavy (non-hydrogen) atoms. The fraction of sp³-hybridized carbons (Fsp3) is 0.375. The number of carbonyl (C=O) groups is 1. The Labute approximate surface area is 126 Å². The van der Waals surface area contributed by atoms with Crippen LogP contribution in [-0.4, -0.2) is 17.6 Å². The number of ketones is 1. The molecule has 2 aliphatic rings. The third-order valence-corrected chi connectivity index (χ3v) is 5.04. The van der Waals surface area contributed by atoms with Crippen LogP contribution in [0.25, 0.3) is 10.6 Å². The van der Waals surface area contributed by atoms with Crippen molar-refractivity contribution in [3.63, 3.8) is 0 Å². The zero-order valence-corrected chi connectivity index (χ0v) is 12.8. The minimum absolute atomic E-state index is 0.00428. The lowest BCUT2D eigenvalue weighted by atomic mass is 9.78. The molecule has 0 saturated heterocycles. The number of benzene rings is 1. The standard InChI is InChI=1S/C16H15NO3S/c1-16(2)6-10-14(11(18)7-16)21-15(17-10)9-3-4-12-13(5-9)20-8-19-12/h3-5H,6-8H2,1-2H3. The molecule has 1 aliphatic carbocycles. The molecule has 0 fully saturated rings. The Hall–Kier alpha value is -1.88. The Morgan fingerprint density at radius 1 is 1.19 bits per heavy atom. The molecule has 0 spiro atoms. The minimum Gasteiger partial charge on any atom is -0.454 e. The number of hydrogen-bond donors (Lipinski definition) is 0. The maximum atomic E-state index is 12.3. The largest absolute Gasteiger partial charge is 0.454 e. The van der Waals surface area contributed by atoms with E-state index in [1.807, 2.05) is 18.2 Å². The van der Waals surface area contributed by atoms with Crippen molar-refractivity contribution in [1.29, 1.82) is 0 Å². The SMILES string of the molecule is CC1(C)CC(=O)c2sc(-c3ccc4c(c3)OCO4)nc2C1. The minimum atomic E-state index is 0.00428. The van der Waals surface area contributed by atoms with Gasteiger partial charge < -0.3 is 9.47 Å². The van der Waals surface area contributed by atoms with Gasteiger partial charge in [0.25, 0.3) is 0 Å². The van der Waals surface area contributed by atoms with Gasteiger partial charge in [-0.2, -0.15) is 0 Å². The zero-order valence-electron chi connectivity index (χ0n) is 11.9. The van der Waals surface area contributed by atoms with Gasteiger partial charge in [0.05, 0.1) is 10.6 Å². The van der Waals surface area contributed by atoms with Crippen LogP contribution < -0.4 is 9.47 Å². The van der Waals surface area contributed by atoms with Crippen molar-refractivity contribution < 1.29 is 14.3 Å². The van der Waals surface area contributed by atoms with Gasteiger partial charge in [0.2, 0.25) is 6.79 Å². The Morgan fingerprint density at radius 3 is 2.86 bits per heavy atom. The summed E-state index contributed by atoms with van der Waals surface area (Å²) in [6.07, 6.45) is 1.46. The van der Waals surface area contributed by atoms with Crippen LogP contribution in [0.2, 0.25) is 0 Å². The van der Waals surface area contributed by atoms with Gasteiger partial charge in [0, 0.05) is 12.0 Å². The Kier molecular flexibility index (Phi) is 2.63. The van der Waals surface area contributed by atoms with Gasteiger partial charge in [-0.25, -0.2) is 4.98 Å². The molecule has 2 aromatic rings. The third kappa shape index (κ3) is 2.12. The molecule has 0 bridgehead atoms. The molecule has 0 amide bonds. The lowest BCUT2D eigenvalue weighted by Gasteiger charge is -2.26. The van der Waals surface area contributed by atoms with E-state index in [2.05, 4.69) is 13.8 Å². The number of thiazole rings is 1. The Morgan fingerprint density at radius 2 is 2.00 bits per heavy atom. The fourth-order valence-electron chi connectivity index (χ4n) is 2.87. The molecule has 108 valence electrons. The zero-order chi connectivity index (χ0) is 14.6. The van der Waals surface area contributed by atoms with Crippen molar-refractivity contribution in [3.05, 3.63) is 28.8 Å². The molecule has 1 aromatic carbocycles. The first-order chi connectivity index (χ1) is 10.0. The van der Waals surface area contributed by atoms with E-state index in [4.69, 9.17) is 14.5 Å². The molecule has 4 nitrogen and oxygen atoms in total. The summed E-state index contributed by atoms with van der Waals surface area (Å²) >= 11 is 1.49. The van der Waals surface area contributed by atoms with Gasteiger partial charge in [-0.05, 0) is 30.0 Å². The van der Waals surface area contributed by atoms with Crippen LogP contribution in [0.1, 0.15) is 35.6 Å². The first-order valence-corrected chi connectivity index (χ1v) is 7.76. The molecule has 0 N–H and O–H groups in total. The smallest absolute Gasteiger partial charge is 0.231 e. The average molecular weight is 301 g/mol. The highest BCUT2D eigenvalue weighted by Gasteiger charge is 2.34. The second-order valence-corrected chi connectivity index (χ2v) is 7.30. The summed E-state index contributed by atoms with van der Waals surface area (Å²) in [7, 11) is 0. The van der Waals surface area contributed by atoms with E-state index in [-0.39, 0.29) is 18.0 Å². The summed E-state index contributed by atoms with van der Waals surface area (Å²) in [6, 6.07) is 5.79. The molecule has 1 aliphatic heterocycles. The molecule has 0 unspecified atom stereocenters. The van der Waals surface area contributed by atoms with Crippen LogP contribution in [-0.2, 0) is 6.42 Å². The third-order valence-electron chi connectivity index (χ3n) is 3.86. The molecule has 2 heterocycles. The first-order valence-electron chi connectivity index (χ1n) is 6.95. The molecule has 1 aromatic heterocycles. The predicted molar refractivity (Wildman–Crippen MR) is 80.1 cm³/mol. The van der Waals surface area contributed by atoms with Crippen LogP contribution in [0.3, 0.4) is 0 Å². The summed E-state index contributed by atoms with van der Waals surface area (Å²) in [5, 5.41) is 0.879. The second-order valence-electron chi connectivity index (χ2n) is 6.30. The molecular formula is C16H15NO3S. The summed E-state index contributed by atoms with van der Waals surface area (Å²) in [5.41, 5.74) is 1.92. The van der Waals surface area contributed by atoms with Crippen molar-refractivity contribution >= 4 is 17.1 Å². The van der Waals surface area contributed by atoms with E-state index < -0.39 is 0 Å². The summed E-state index contributed by atoms with van der Waals surface area (Å²) in [5.74, 6) is 1.72. The van der Waals surface area contributed by atoms with E-state index in [1.165, 1.54) is 11.3 Å². The molecule has 0 saturated carbocycles. The van der Waals surface area contributed by atoms with Crippen LogP contribution in [0, 0.1) is 5.41 Å². The van der Waals surface area contributed by atoms with E-state index in [0.29, 0.717) is 6.42 Å². The summed E-state index contributed by atoms with van der Waals surface area (Å²) in [4.78, 5) is 17.8. The van der Waals surface area contributed by atoms with Gasteiger partial charge in [-0.3, -0.25) is 4.79 Å². The van der Waals surface area contributed by atoms with Crippen LogP contribution in [0.15, 0.2) is 18.2 Å². The fourth-order valence-corrected chi connectivity index (χ4v) is 3.89. The maximum absolute atomic E-state index is 12.3. The maximum Gasteiger partial charge on any atom is 0.231 e. The lowest BCUT2D eigenvalue weighted by Crippen LogP contribution is -2.25. The Balaban J connectivity index is 1.76. The summed E-state index contributed by atoms with van der Waals surface area (Å²) in [6.45, 7) is 4.50. The van der Waals surface area contributed by atoms with Gasteiger partial charge in [-0.15, -0.1) is 11.3 Å². The van der Waals surface area contributed by atoms with Crippen molar-refractivity contribution in [2.24, 2.45) is 5.41 Å². The molecule has 0 radical (unpaired) electrons. The predicted octanol–water partition coefficient (Wildman–Crippen LogP) is 3.69. The van der Waals surface area contributed by atoms with Gasteiger partial charge in [0.1, 0.15) is 5.01 Å². The number of fused-ring (bicyclic) bond motifs is 2. The number of hydrogen-bond acceptors (Lipinski definition) is 5. The Bertz CT molecular complexity index is 748. The highest BCUT2D eigenvalue weighted by Crippen LogP contribution is 2.41. The summed E-state index contributed by atoms with van der Waals surface area (Å²) < 4.78 is 10.7. The highest BCUT2D eigenvalue weighted by atomic mass is 32.1. The lowest BCUT2D eigenvalue weighted by molar-refractivity contribution is 0.0916. The quantitative estimate of drug-likeness (QED) is 0.806. The monoisotopic (exact) mass is 301 g/mol. The molecular weight excluding hydrogens is 286 g/mol. The average Bonchev–Trinajstić information content (AvgIpc) is 3.01. The van der Waals surface area contributed by atoms with Crippen molar-refractivity contribution in [1.82, 2.24) is 4.98 Å². The number of carbonyl (C=O) groups excluding carboxylic acids is 1. The molecule has 0 atom stereocenters. The molecule has 4 rings (SSSR count). The van der Waals surface area contributed by atoms with E-state index in [1.54, 1.807) is 0 Å². The number of ether oxygens (including phenoxy) is 2. The van der Waals surface area contributed by atoms with Crippen LogP contribution in [0.4, 0.5) is 0 Å². The van der Waals surface area contributed by atoms with Crippen LogP contribution in [0.5, 0.6) is 11.5 Å². The highest BCUT2D eigenvalue weighted by molar-refractivity contribution is 7.17. The number of rotatable bonds is 1. The van der Waals surface area contributed by atoms with Crippen molar-refractivity contribution in [2.75, 3.05) is 6.79 Å². The topological polar surface area (TPSA) is 48.4 Å². The van der Waals surface area contributed by atoms with Crippen LogP contribution >= 0.6 is 11.3 Å². The van der Waals surface area contributed by atoms with Gasteiger partial charge in [0.15, 0.2) is 17.3 Å². The van der Waals surface area contributed by atoms with E-state index >= 15 is 0 Å². The van der Waals surface area contributed by atoms with Crippen molar-refractivity contribution in [2.45, 2.75) is 26.7 Å². The van der Waals surface area contributed by atoms with E-state index in [9.17, 15) is 4.79 Å². The van der Waals surface area contributed by atoms with Crippen molar-refractivity contribution in [3.8, 4) is 22.1 Å². The van der Waals surface area contributed by atoms with E-state index in [0.717, 1.165) is 39.1 Å².